The number of ether oxygens (including phenoxy) is 1. The van der Waals surface area contributed by atoms with E-state index in [0.29, 0.717) is 31.1 Å². The van der Waals surface area contributed by atoms with Crippen LogP contribution in [0.3, 0.4) is 0 Å². The van der Waals surface area contributed by atoms with E-state index < -0.39 is 23.3 Å². The Balaban J connectivity index is 1.42. The molecule has 0 unspecified atom stereocenters. The van der Waals surface area contributed by atoms with Gasteiger partial charge in [-0.1, -0.05) is 18.2 Å². The van der Waals surface area contributed by atoms with Crippen LogP contribution in [0.1, 0.15) is 29.4 Å². The Morgan fingerprint density at radius 1 is 1.09 bits per heavy atom. The molecule has 3 aromatic rings. The number of benzene rings is 2. The molecule has 184 valence electrons. The van der Waals surface area contributed by atoms with Crippen LogP contribution in [0, 0.1) is 0 Å². The fourth-order valence-electron chi connectivity index (χ4n) is 3.81. The van der Waals surface area contributed by atoms with Gasteiger partial charge in [0.2, 0.25) is 0 Å². The van der Waals surface area contributed by atoms with Crippen molar-refractivity contribution in [1.82, 2.24) is 14.7 Å². The number of carbonyl (C=O) groups excluding carboxylic acids is 2. The molecule has 1 saturated heterocycles. The highest BCUT2D eigenvalue weighted by atomic mass is 19.4. The number of nitrogens with one attached hydrogen (secondary N) is 2. The van der Waals surface area contributed by atoms with Gasteiger partial charge in [-0.2, -0.15) is 18.3 Å². The monoisotopic (exact) mass is 487 g/mol. The average Bonchev–Trinajstić information content (AvgIpc) is 3.49. The van der Waals surface area contributed by atoms with Crippen molar-refractivity contribution in [2.75, 3.05) is 30.3 Å². The van der Waals surface area contributed by atoms with Gasteiger partial charge in [0.15, 0.2) is 5.69 Å². The largest absolute Gasteiger partial charge is 0.450 e. The number of carbonyl (C=O) groups is 2. The number of hydrogen-bond acceptors (Lipinski definition) is 5. The molecule has 1 aliphatic heterocycles. The molecule has 1 aliphatic rings. The van der Waals surface area contributed by atoms with Gasteiger partial charge in [0.1, 0.15) is 0 Å². The third-order valence-electron chi connectivity index (χ3n) is 5.48. The van der Waals surface area contributed by atoms with Gasteiger partial charge in [0.05, 0.1) is 17.9 Å². The molecular formula is C24H24F3N5O3. The molecule has 4 rings (SSSR count). The molecule has 35 heavy (non-hydrogen) atoms. The smallest absolute Gasteiger partial charge is 0.435 e. The number of halogens is 3. The van der Waals surface area contributed by atoms with E-state index in [0.717, 1.165) is 23.0 Å². The zero-order valence-corrected chi connectivity index (χ0v) is 18.9. The van der Waals surface area contributed by atoms with E-state index in [9.17, 15) is 22.8 Å². The van der Waals surface area contributed by atoms with Gasteiger partial charge >= 0.3 is 12.3 Å². The van der Waals surface area contributed by atoms with Crippen LogP contribution >= 0.6 is 0 Å². The van der Waals surface area contributed by atoms with Crippen LogP contribution in [0.5, 0.6) is 0 Å². The van der Waals surface area contributed by atoms with Crippen molar-refractivity contribution in [1.29, 1.82) is 0 Å². The quantitative estimate of drug-likeness (QED) is 0.522. The van der Waals surface area contributed by atoms with Crippen molar-refractivity contribution >= 4 is 23.4 Å². The van der Waals surface area contributed by atoms with Crippen molar-refractivity contribution in [2.45, 2.75) is 25.6 Å². The Labute approximate surface area is 199 Å². The topological polar surface area (TPSA) is 88.5 Å². The maximum atomic E-state index is 13.5. The normalized spacial score (nSPS) is 15.7. The number of anilines is 2. The lowest BCUT2D eigenvalue weighted by Gasteiger charge is -2.17. The van der Waals surface area contributed by atoms with Crippen LogP contribution < -0.4 is 10.6 Å². The van der Waals surface area contributed by atoms with E-state index >= 15 is 0 Å². The van der Waals surface area contributed by atoms with Crippen molar-refractivity contribution in [3.05, 3.63) is 72.1 Å². The van der Waals surface area contributed by atoms with E-state index in [1.54, 1.807) is 66.4 Å². The first-order valence-corrected chi connectivity index (χ1v) is 11.1. The summed E-state index contributed by atoms with van der Waals surface area (Å²) >= 11 is 0. The minimum atomic E-state index is -4.79. The van der Waals surface area contributed by atoms with Crippen molar-refractivity contribution in [3.8, 4) is 5.69 Å². The van der Waals surface area contributed by atoms with Gasteiger partial charge in [-0.05, 0) is 49.7 Å². The lowest BCUT2D eigenvalue weighted by Crippen LogP contribution is -2.32. The van der Waals surface area contributed by atoms with Gasteiger partial charge in [0, 0.05) is 36.7 Å². The molecule has 8 nitrogen and oxygen atoms in total. The number of likely N-dealkylation sites (tertiary alicyclic amines) is 1. The summed E-state index contributed by atoms with van der Waals surface area (Å²) in [6.07, 6.45) is -3.32. The maximum absolute atomic E-state index is 13.5. The Morgan fingerprint density at radius 3 is 2.43 bits per heavy atom. The van der Waals surface area contributed by atoms with E-state index in [1.165, 1.54) is 0 Å². The summed E-state index contributed by atoms with van der Waals surface area (Å²) in [5.74, 6) is -0.916. The summed E-state index contributed by atoms with van der Waals surface area (Å²) in [5.41, 5.74) is -0.341. The summed E-state index contributed by atoms with van der Waals surface area (Å²) < 4.78 is 46.7. The van der Waals surface area contributed by atoms with Crippen molar-refractivity contribution < 1.29 is 27.5 Å². The third-order valence-corrected chi connectivity index (χ3v) is 5.48. The first-order chi connectivity index (χ1) is 16.7. The van der Waals surface area contributed by atoms with Crippen molar-refractivity contribution in [2.24, 2.45) is 0 Å². The summed E-state index contributed by atoms with van der Waals surface area (Å²) in [6.45, 7) is 3.16. The molecule has 0 aliphatic carbocycles. The molecule has 0 saturated carbocycles. The average molecular weight is 487 g/mol. The Morgan fingerprint density at radius 2 is 1.77 bits per heavy atom. The van der Waals surface area contributed by atoms with Crippen LogP contribution in [0.2, 0.25) is 0 Å². The van der Waals surface area contributed by atoms with Crippen molar-refractivity contribution in [3.63, 3.8) is 0 Å². The fraction of sp³-hybridized carbons (Fsp3) is 0.292. The Bertz CT molecular complexity index is 1180. The summed E-state index contributed by atoms with van der Waals surface area (Å²) in [6, 6.07) is 14.9. The Hall–Kier alpha value is -4.02. The number of alkyl halides is 3. The first kappa shape index (κ1) is 24.1. The number of aromatic nitrogens is 2. The highest BCUT2D eigenvalue weighted by molar-refractivity contribution is 6.05. The van der Waals surface area contributed by atoms with Crippen LogP contribution in [-0.4, -0.2) is 52.4 Å². The second-order valence-electron chi connectivity index (χ2n) is 7.98. The molecular weight excluding hydrogens is 463 g/mol. The van der Waals surface area contributed by atoms with E-state index in [4.69, 9.17) is 4.74 Å². The van der Waals surface area contributed by atoms with Gasteiger partial charge in [-0.25, -0.2) is 9.48 Å². The zero-order chi connectivity index (χ0) is 25.0. The van der Waals surface area contributed by atoms with E-state index in [1.807, 2.05) is 0 Å². The molecule has 1 aromatic heterocycles. The predicted octanol–water partition coefficient (Wildman–Crippen LogP) is 4.79. The molecule has 2 heterocycles. The second kappa shape index (κ2) is 10.1. The minimum Gasteiger partial charge on any atom is -0.450 e. The SMILES string of the molecule is CCOC(=O)N1CC[C@H](Nc2ccc(NC(=O)c3cn(-c4ccccc4)nc3C(F)(F)F)cc2)C1. The summed E-state index contributed by atoms with van der Waals surface area (Å²) in [4.78, 5) is 26.2. The number of hydrogen-bond donors (Lipinski definition) is 2. The summed E-state index contributed by atoms with van der Waals surface area (Å²) in [5, 5.41) is 9.41. The molecule has 1 atom stereocenters. The lowest BCUT2D eigenvalue weighted by atomic mass is 10.2. The number of para-hydroxylation sites is 1. The highest BCUT2D eigenvalue weighted by Gasteiger charge is 2.39. The van der Waals surface area contributed by atoms with E-state index in [-0.39, 0.29) is 12.1 Å². The van der Waals surface area contributed by atoms with Gasteiger partial charge in [-0.15, -0.1) is 0 Å². The highest BCUT2D eigenvalue weighted by Crippen LogP contribution is 2.32. The number of amides is 2. The van der Waals surface area contributed by atoms with Crippen LogP contribution in [0.15, 0.2) is 60.8 Å². The molecule has 2 aromatic carbocycles. The predicted molar refractivity (Wildman–Crippen MR) is 124 cm³/mol. The van der Waals surface area contributed by atoms with Crippen LogP contribution in [0.25, 0.3) is 5.69 Å². The number of rotatable bonds is 6. The molecule has 11 heteroatoms. The van der Waals surface area contributed by atoms with Gasteiger partial charge in [-0.3, -0.25) is 4.79 Å². The molecule has 2 amide bonds. The molecule has 2 N–H and O–H groups in total. The summed E-state index contributed by atoms with van der Waals surface area (Å²) in [7, 11) is 0. The standard InChI is InChI=1S/C24H24F3N5O3/c1-2-35-23(34)31-13-12-18(14-31)28-16-8-10-17(11-9-16)29-22(33)20-15-32(19-6-4-3-5-7-19)30-21(20)24(25,26)27/h3-11,15,18,28H,2,12-14H2,1H3,(H,29,33)/t18-/m0/s1. The maximum Gasteiger partial charge on any atom is 0.435 e. The van der Waals surface area contributed by atoms with Gasteiger partial charge in [0.25, 0.3) is 5.91 Å². The van der Waals surface area contributed by atoms with Crippen LogP contribution in [0.4, 0.5) is 29.3 Å². The lowest BCUT2D eigenvalue weighted by molar-refractivity contribution is -0.141. The second-order valence-corrected chi connectivity index (χ2v) is 7.98. The first-order valence-electron chi connectivity index (χ1n) is 11.1. The molecule has 1 fully saturated rings. The van der Waals surface area contributed by atoms with E-state index in [2.05, 4.69) is 15.7 Å². The third kappa shape index (κ3) is 5.73. The fourth-order valence-corrected chi connectivity index (χ4v) is 3.81. The molecule has 0 spiro atoms. The number of nitrogens with zero attached hydrogens (tertiary/aromatic N) is 3. The van der Waals surface area contributed by atoms with Gasteiger partial charge < -0.3 is 20.3 Å². The minimum absolute atomic E-state index is 0.0398. The zero-order valence-electron chi connectivity index (χ0n) is 18.9. The Kier molecular flexibility index (Phi) is 6.94. The van der Waals surface area contributed by atoms with Crippen LogP contribution in [-0.2, 0) is 10.9 Å². The molecule has 0 radical (unpaired) electrons. The molecule has 0 bridgehead atoms.